The second-order valence-electron chi connectivity index (χ2n) is 6.59. The standard InChI is InChI=1S/C25H26O9/c1-29-20-9-5-7-17(24(20)31-3)11-13-22(27)33-15-19(26)16-34-23(28)14-12-18-8-6-10-21(30-2)25(18)32-4/h5-14H,15-16H2,1-4H3. The third-order valence-electron chi connectivity index (χ3n) is 4.42. The topological polar surface area (TPSA) is 107 Å². The van der Waals surface area contributed by atoms with Crippen molar-refractivity contribution >= 4 is 29.9 Å². The van der Waals surface area contributed by atoms with Gasteiger partial charge in [-0.2, -0.15) is 0 Å². The van der Waals surface area contributed by atoms with Gasteiger partial charge in [0, 0.05) is 23.3 Å². The molecule has 0 unspecified atom stereocenters. The molecule has 0 heterocycles. The summed E-state index contributed by atoms with van der Waals surface area (Å²) < 4.78 is 30.7. The summed E-state index contributed by atoms with van der Waals surface area (Å²) in [6, 6.07) is 10.4. The van der Waals surface area contributed by atoms with Crippen LogP contribution in [0.3, 0.4) is 0 Å². The third-order valence-corrected chi connectivity index (χ3v) is 4.42. The predicted octanol–water partition coefficient (Wildman–Crippen LogP) is 3.10. The first-order chi connectivity index (χ1) is 16.4. The normalized spacial score (nSPS) is 10.7. The summed E-state index contributed by atoms with van der Waals surface area (Å²) in [7, 11) is 5.97. The lowest BCUT2D eigenvalue weighted by molar-refractivity contribution is -0.148. The molecule has 0 saturated heterocycles. The Hall–Kier alpha value is -4.27. The fourth-order valence-electron chi connectivity index (χ4n) is 2.84. The van der Waals surface area contributed by atoms with Gasteiger partial charge in [0.25, 0.3) is 0 Å². The van der Waals surface area contributed by atoms with Crippen LogP contribution in [-0.2, 0) is 23.9 Å². The van der Waals surface area contributed by atoms with Gasteiger partial charge in [0.2, 0.25) is 5.78 Å². The van der Waals surface area contributed by atoms with Crippen LogP contribution in [-0.4, -0.2) is 59.4 Å². The average molecular weight is 470 g/mol. The van der Waals surface area contributed by atoms with Gasteiger partial charge < -0.3 is 28.4 Å². The lowest BCUT2D eigenvalue weighted by atomic mass is 10.1. The number of hydrogen-bond donors (Lipinski definition) is 0. The van der Waals surface area contributed by atoms with E-state index in [1.807, 2.05) is 0 Å². The Kier molecular flexibility index (Phi) is 10.2. The minimum absolute atomic E-state index is 0.455. The SMILES string of the molecule is COc1cccc(C=CC(=O)OCC(=O)COC(=O)C=Cc2cccc(OC)c2OC)c1OC. The molecule has 0 aliphatic heterocycles. The van der Waals surface area contributed by atoms with Crippen molar-refractivity contribution in [3.05, 3.63) is 59.7 Å². The van der Waals surface area contributed by atoms with Crippen LogP contribution in [0.2, 0.25) is 0 Å². The number of carbonyl (C=O) groups is 3. The van der Waals surface area contributed by atoms with Crippen LogP contribution in [0.5, 0.6) is 23.0 Å². The van der Waals surface area contributed by atoms with Crippen molar-refractivity contribution < 1.29 is 42.8 Å². The molecule has 0 amide bonds. The molecule has 0 N–H and O–H groups in total. The molecule has 0 radical (unpaired) electrons. The summed E-state index contributed by atoms with van der Waals surface area (Å²) in [5.74, 6) is -0.137. The van der Waals surface area contributed by atoms with E-state index in [0.29, 0.717) is 34.1 Å². The van der Waals surface area contributed by atoms with Gasteiger partial charge in [0.1, 0.15) is 0 Å². The van der Waals surface area contributed by atoms with E-state index in [1.54, 1.807) is 36.4 Å². The van der Waals surface area contributed by atoms with Gasteiger partial charge >= 0.3 is 11.9 Å². The molecule has 0 bridgehead atoms. The quantitative estimate of drug-likeness (QED) is 0.342. The number of rotatable bonds is 12. The highest BCUT2D eigenvalue weighted by atomic mass is 16.6. The number of ketones is 1. The van der Waals surface area contributed by atoms with Crippen LogP contribution in [0.15, 0.2) is 48.6 Å². The summed E-state index contributed by atoms with van der Waals surface area (Å²) in [6.07, 6.45) is 5.26. The van der Waals surface area contributed by atoms with Gasteiger partial charge in [-0.05, 0) is 24.3 Å². The molecule has 2 rings (SSSR count). The number of para-hydroxylation sites is 2. The van der Waals surface area contributed by atoms with Crippen molar-refractivity contribution in [2.24, 2.45) is 0 Å². The summed E-state index contributed by atoms with van der Waals surface area (Å²) in [5.41, 5.74) is 1.19. The maximum Gasteiger partial charge on any atom is 0.331 e. The third kappa shape index (κ3) is 7.40. The lowest BCUT2D eigenvalue weighted by Crippen LogP contribution is -2.19. The van der Waals surface area contributed by atoms with Gasteiger partial charge in [-0.3, -0.25) is 4.79 Å². The number of esters is 2. The molecule has 0 aliphatic rings. The molecular formula is C25H26O9. The average Bonchev–Trinajstić information content (AvgIpc) is 2.87. The molecule has 34 heavy (non-hydrogen) atoms. The van der Waals surface area contributed by atoms with Gasteiger partial charge in [0.15, 0.2) is 36.2 Å². The van der Waals surface area contributed by atoms with Crippen LogP contribution in [0.4, 0.5) is 0 Å². The minimum atomic E-state index is -0.741. The minimum Gasteiger partial charge on any atom is -0.493 e. The molecule has 9 heteroatoms. The van der Waals surface area contributed by atoms with Gasteiger partial charge in [-0.25, -0.2) is 9.59 Å². The maximum atomic E-state index is 11.9. The van der Waals surface area contributed by atoms with Crippen molar-refractivity contribution in [2.75, 3.05) is 41.7 Å². The van der Waals surface area contributed by atoms with Gasteiger partial charge in [-0.1, -0.05) is 24.3 Å². The highest BCUT2D eigenvalue weighted by Crippen LogP contribution is 2.32. The van der Waals surface area contributed by atoms with Crippen molar-refractivity contribution in [1.29, 1.82) is 0 Å². The van der Waals surface area contributed by atoms with E-state index in [0.717, 1.165) is 12.2 Å². The molecule has 9 nitrogen and oxygen atoms in total. The molecule has 2 aromatic rings. The number of methoxy groups -OCH3 is 4. The van der Waals surface area contributed by atoms with E-state index in [2.05, 4.69) is 0 Å². The van der Waals surface area contributed by atoms with Crippen LogP contribution < -0.4 is 18.9 Å². The Morgan fingerprint density at radius 2 is 1.06 bits per heavy atom. The molecule has 2 aromatic carbocycles. The van der Waals surface area contributed by atoms with E-state index in [9.17, 15) is 14.4 Å². The zero-order chi connectivity index (χ0) is 24.9. The molecule has 0 spiro atoms. The highest BCUT2D eigenvalue weighted by Gasteiger charge is 2.11. The number of hydrogen-bond acceptors (Lipinski definition) is 9. The van der Waals surface area contributed by atoms with Crippen LogP contribution in [0.25, 0.3) is 12.2 Å². The van der Waals surface area contributed by atoms with Crippen molar-refractivity contribution in [2.45, 2.75) is 0 Å². The molecule has 0 fully saturated rings. The van der Waals surface area contributed by atoms with Crippen LogP contribution in [0, 0.1) is 0 Å². The fraction of sp³-hybridized carbons (Fsp3) is 0.240. The van der Waals surface area contributed by atoms with Crippen LogP contribution >= 0.6 is 0 Å². The smallest absolute Gasteiger partial charge is 0.331 e. The first kappa shape index (κ1) is 26.0. The van der Waals surface area contributed by atoms with Crippen molar-refractivity contribution in [3.63, 3.8) is 0 Å². The largest absolute Gasteiger partial charge is 0.493 e. The van der Waals surface area contributed by atoms with Gasteiger partial charge in [-0.15, -0.1) is 0 Å². The summed E-state index contributed by atoms with van der Waals surface area (Å²) in [4.78, 5) is 35.7. The number of ether oxygens (including phenoxy) is 6. The Labute approximate surface area is 197 Å². The summed E-state index contributed by atoms with van der Waals surface area (Å²) >= 11 is 0. The second-order valence-corrected chi connectivity index (χ2v) is 6.59. The number of carbonyl (C=O) groups excluding carboxylic acids is 3. The first-order valence-electron chi connectivity index (χ1n) is 10.1. The zero-order valence-corrected chi connectivity index (χ0v) is 19.4. The Morgan fingerprint density at radius 1 is 0.647 bits per heavy atom. The van der Waals surface area contributed by atoms with Crippen molar-refractivity contribution in [1.82, 2.24) is 0 Å². The summed E-state index contributed by atoms with van der Waals surface area (Å²) in [5, 5.41) is 0. The molecule has 180 valence electrons. The van der Waals surface area contributed by atoms with E-state index >= 15 is 0 Å². The van der Waals surface area contributed by atoms with E-state index in [1.165, 1.54) is 40.6 Å². The molecular weight excluding hydrogens is 444 g/mol. The van der Waals surface area contributed by atoms with E-state index < -0.39 is 30.9 Å². The first-order valence-corrected chi connectivity index (χ1v) is 10.1. The molecule has 0 saturated carbocycles. The zero-order valence-electron chi connectivity index (χ0n) is 19.4. The fourth-order valence-corrected chi connectivity index (χ4v) is 2.84. The van der Waals surface area contributed by atoms with Crippen LogP contribution in [0.1, 0.15) is 11.1 Å². The Balaban J connectivity index is 1.83. The number of benzene rings is 2. The second kappa shape index (κ2) is 13.3. The number of Topliss-reactive ketones (excluding diaryl/α,β-unsaturated/α-hetero) is 1. The predicted molar refractivity (Wildman–Crippen MR) is 124 cm³/mol. The summed E-state index contributed by atoms with van der Waals surface area (Å²) in [6.45, 7) is -1.09. The maximum absolute atomic E-state index is 11.9. The lowest BCUT2D eigenvalue weighted by Gasteiger charge is -2.09. The molecule has 0 aliphatic carbocycles. The highest BCUT2D eigenvalue weighted by molar-refractivity contribution is 5.92. The molecule has 0 atom stereocenters. The van der Waals surface area contributed by atoms with Gasteiger partial charge in [0.05, 0.1) is 28.4 Å². The Bertz CT molecular complexity index is 987. The van der Waals surface area contributed by atoms with E-state index in [-0.39, 0.29) is 0 Å². The van der Waals surface area contributed by atoms with E-state index in [4.69, 9.17) is 28.4 Å². The molecule has 0 aromatic heterocycles. The Morgan fingerprint density at radius 3 is 1.41 bits per heavy atom. The monoisotopic (exact) mass is 470 g/mol. The van der Waals surface area contributed by atoms with Crippen molar-refractivity contribution in [3.8, 4) is 23.0 Å².